The van der Waals surface area contributed by atoms with Gasteiger partial charge in [-0.25, -0.2) is 8.42 Å². The third-order valence-electron chi connectivity index (χ3n) is 3.92. The summed E-state index contributed by atoms with van der Waals surface area (Å²) >= 11 is 0. The topological polar surface area (TPSA) is 63.2 Å². The Labute approximate surface area is 126 Å². The summed E-state index contributed by atoms with van der Waals surface area (Å²) in [5.41, 5.74) is 1.30. The van der Waals surface area contributed by atoms with E-state index in [1.54, 1.807) is 24.3 Å². The van der Waals surface area contributed by atoms with Crippen molar-refractivity contribution < 1.29 is 13.2 Å². The lowest BCUT2D eigenvalue weighted by Crippen LogP contribution is -2.30. The zero-order valence-corrected chi connectivity index (χ0v) is 13.3. The smallest absolute Gasteiger partial charge is 0.251 e. The van der Waals surface area contributed by atoms with Crippen LogP contribution < -0.4 is 5.32 Å². The first-order chi connectivity index (χ1) is 9.94. The van der Waals surface area contributed by atoms with Crippen molar-refractivity contribution in [3.63, 3.8) is 0 Å². The van der Waals surface area contributed by atoms with Crippen molar-refractivity contribution >= 4 is 15.7 Å². The quantitative estimate of drug-likeness (QED) is 0.909. The Morgan fingerprint density at radius 2 is 1.76 bits per heavy atom. The van der Waals surface area contributed by atoms with Crippen molar-refractivity contribution in [1.29, 1.82) is 0 Å². The molecule has 1 fully saturated rings. The number of carbonyl (C=O) groups is 1. The second-order valence-corrected chi connectivity index (χ2v) is 8.12. The maximum Gasteiger partial charge on any atom is 0.251 e. The fraction of sp³-hybridized carbons (Fsp3) is 0.562. The van der Waals surface area contributed by atoms with Crippen LogP contribution in [0.3, 0.4) is 0 Å². The highest BCUT2D eigenvalue weighted by Crippen LogP contribution is 2.22. The zero-order chi connectivity index (χ0) is 15.3. The fourth-order valence-electron chi connectivity index (χ4n) is 2.79. The minimum absolute atomic E-state index is 0.0109. The molecule has 0 unspecified atom stereocenters. The van der Waals surface area contributed by atoms with E-state index in [4.69, 9.17) is 0 Å². The molecule has 0 aliphatic heterocycles. The van der Waals surface area contributed by atoms with E-state index < -0.39 is 9.84 Å². The zero-order valence-electron chi connectivity index (χ0n) is 12.5. The minimum atomic E-state index is -3.04. The average molecular weight is 309 g/mol. The SMILES string of the molecule is CS(=O)(=O)Cc1ccc(C(=O)NCC2CCCCC2)cc1. The lowest BCUT2D eigenvalue weighted by molar-refractivity contribution is 0.0943. The molecule has 0 saturated heterocycles. The van der Waals surface area contributed by atoms with Crippen LogP contribution in [0, 0.1) is 5.92 Å². The molecule has 0 aromatic heterocycles. The monoisotopic (exact) mass is 309 g/mol. The molecule has 1 aliphatic rings. The molecular weight excluding hydrogens is 286 g/mol. The number of amides is 1. The first-order valence-corrected chi connectivity index (χ1v) is 9.55. The van der Waals surface area contributed by atoms with Gasteiger partial charge in [0.15, 0.2) is 9.84 Å². The molecule has 1 saturated carbocycles. The van der Waals surface area contributed by atoms with Gasteiger partial charge in [0.05, 0.1) is 5.75 Å². The summed E-state index contributed by atoms with van der Waals surface area (Å²) in [7, 11) is -3.04. The van der Waals surface area contributed by atoms with Crippen LogP contribution in [0.1, 0.15) is 48.0 Å². The van der Waals surface area contributed by atoms with Gasteiger partial charge < -0.3 is 5.32 Å². The predicted octanol–water partition coefficient (Wildman–Crippen LogP) is 2.54. The van der Waals surface area contributed by atoms with E-state index >= 15 is 0 Å². The lowest BCUT2D eigenvalue weighted by Gasteiger charge is -2.21. The van der Waals surface area contributed by atoms with Crippen LogP contribution in [0.2, 0.25) is 0 Å². The molecule has 116 valence electrons. The molecule has 0 atom stereocenters. The highest BCUT2D eigenvalue weighted by molar-refractivity contribution is 7.89. The third kappa shape index (κ3) is 5.50. The average Bonchev–Trinajstić information content (AvgIpc) is 2.45. The molecule has 5 heteroatoms. The summed E-state index contributed by atoms with van der Waals surface area (Å²) in [6, 6.07) is 6.79. The Morgan fingerprint density at radius 1 is 1.14 bits per heavy atom. The summed E-state index contributed by atoms with van der Waals surface area (Å²) in [6.07, 6.45) is 7.45. The molecule has 2 rings (SSSR count). The number of rotatable bonds is 5. The summed E-state index contributed by atoms with van der Waals surface area (Å²) in [5, 5.41) is 2.98. The van der Waals surface area contributed by atoms with Crippen LogP contribution in [0.5, 0.6) is 0 Å². The van der Waals surface area contributed by atoms with Gasteiger partial charge in [-0.05, 0) is 36.5 Å². The largest absolute Gasteiger partial charge is 0.352 e. The van der Waals surface area contributed by atoms with Gasteiger partial charge >= 0.3 is 0 Å². The maximum atomic E-state index is 12.1. The Kier molecular flexibility index (Phi) is 5.39. The van der Waals surface area contributed by atoms with Crippen molar-refractivity contribution in [2.24, 2.45) is 5.92 Å². The van der Waals surface area contributed by atoms with E-state index in [1.807, 2.05) is 0 Å². The van der Waals surface area contributed by atoms with Gasteiger partial charge in [-0.2, -0.15) is 0 Å². The summed E-state index contributed by atoms with van der Waals surface area (Å²) in [5.74, 6) is 0.537. The van der Waals surface area contributed by atoms with Gasteiger partial charge in [0.1, 0.15) is 0 Å². The first kappa shape index (κ1) is 16.0. The number of hydrogen-bond donors (Lipinski definition) is 1. The van der Waals surface area contributed by atoms with Crippen molar-refractivity contribution in [3.8, 4) is 0 Å². The summed E-state index contributed by atoms with van der Waals surface area (Å²) < 4.78 is 22.4. The minimum Gasteiger partial charge on any atom is -0.352 e. The van der Waals surface area contributed by atoms with Crippen LogP contribution in [-0.4, -0.2) is 27.1 Å². The highest BCUT2D eigenvalue weighted by Gasteiger charge is 2.15. The lowest BCUT2D eigenvalue weighted by atomic mass is 9.89. The molecule has 1 aromatic rings. The van der Waals surface area contributed by atoms with Gasteiger partial charge in [0.2, 0.25) is 0 Å². The van der Waals surface area contributed by atoms with Crippen LogP contribution >= 0.6 is 0 Å². The molecule has 1 amide bonds. The van der Waals surface area contributed by atoms with Crippen molar-refractivity contribution in [2.75, 3.05) is 12.8 Å². The maximum absolute atomic E-state index is 12.1. The van der Waals surface area contributed by atoms with Gasteiger partial charge in [0, 0.05) is 18.4 Å². The van der Waals surface area contributed by atoms with Gasteiger partial charge in [0.25, 0.3) is 5.91 Å². The van der Waals surface area contributed by atoms with Crippen LogP contribution in [-0.2, 0) is 15.6 Å². The molecular formula is C16H23NO3S. The number of hydrogen-bond acceptors (Lipinski definition) is 3. The number of nitrogens with one attached hydrogen (secondary N) is 1. The molecule has 0 bridgehead atoms. The summed E-state index contributed by atoms with van der Waals surface area (Å²) in [4.78, 5) is 12.1. The number of sulfone groups is 1. The molecule has 4 nitrogen and oxygen atoms in total. The highest BCUT2D eigenvalue weighted by atomic mass is 32.2. The van der Waals surface area contributed by atoms with Crippen molar-refractivity contribution in [2.45, 2.75) is 37.9 Å². The summed E-state index contributed by atoms with van der Waals surface area (Å²) in [6.45, 7) is 0.740. The van der Waals surface area contributed by atoms with E-state index in [1.165, 1.54) is 38.4 Å². The Hall–Kier alpha value is -1.36. The van der Waals surface area contributed by atoms with E-state index in [0.717, 1.165) is 6.54 Å². The molecule has 1 aromatic carbocycles. The molecule has 21 heavy (non-hydrogen) atoms. The number of benzene rings is 1. The van der Waals surface area contributed by atoms with Gasteiger partial charge in [-0.3, -0.25) is 4.79 Å². The van der Waals surface area contributed by atoms with E-state index in [9.17, 15) is 13.2 Å². The van der Waals surface area contributed by atoms with Gasteiger partial charge in [-0.1, -0.05) is 31.4 Å². The fourth-order valence-corrected chi connectivity index (χ4v) is 3.58. The van der Waals surface area contributed by atoms with Gasteiger partial charge in [-0.15, -0.1) is 0 Å². The second-order valence-electron chi connectivity index (χ2n) is 5.98. The molecule has 1 aliphatic carbocycles. The standard InChI is InChI=1S/C16H23NO3S/c1-21(19,20)12-14-7-9-15(10-8-14)16(18)17-11-13-5-3-2-4-6-13/h7-10,13H,2-6,11-12H2,1H3,(H,17,18). The Bertz CT molecular complexity index is 572. The van der Waals surface area contributed by atoms with Crippen molar-refractivity contribution in [3.05, 3.63) is 35.4 Å². The van der Waals surface area contributed by atoms with E-state index in [0.29, 0.717) is 17.0 Å². The Morgan fingerprint density at radius 3 is 2.33 bits per heavy atom. The third-order valence-corrected chi connectivity index (χ3v) is 4.78. The second kappa shape index (κ2) is 7.07. The van der Waals surface area contributed by atoms with Crippen molar-refractivity contribution in [1.82, 2.24) is 5.32 Å². The van der Waals surface area contributed by atoms with Crippen LogP contribution in [0.25, 0.3) is 0 Å². The van der Waals surface area contributed by atoms with E-state index in [2.05, 4.69) is 5.32 Å². The predicted molar refractivity (Wildman–Crippen MR) is 83.9 cm³/mol. The molecule has 1 N–H and O–H groups in total. The van der Waals surface area contributed by atoms with Crippen LogP contribution in [0.15, 0.2) is 24.3 Å². The van der Waals surface area contributed by atoms with Crippen LogP contribution in [0.4, 0.5) is 0 Å². The Balaban J connectivity index is 1.87. The normalized spacial score (nSPS) is 16.6. The van der Waals surface area contributed by atoms with E-state index in [-0.39, 0.29) is 11.7 Å². The molecule has 0 spiro atoms. The first-order valence-electron chi connectivity index (χ1n) is 7.49. The molecule has 0 heterocycles. The molecule has 0 radical (unpaired) electrons. The number of carbonyl (C=O) groups excluding carboxylic acids is 1.